The molecule has 1 aromatic heterocycles. The number of aryl methyl sites for hydroxylation is 1. The Bertz CT molecular complexity index is 865. The fourth-order valence-corrected chi connectivity index (χ4v) is 4.11. The van der Waals surface area contributed by atoms with Gasteiger partial charge in [-0.25, -0.2) is 0 Å². The molecule has 4 nitrogen and oxygen atoms in total. The average Bonchev–Trinajstić information content (AvgIpc) is 2.87. The molecule has 0 N–H and O–H groups in total. The Morgan fingerprint density at radius 1 is 1.36 bits per heavy atom. The summed E-state index contributed by atoms with van der Waals surface area (Å²) in [5, 5.41) is 0.563. The van der Waals surface area contributed by atoms with Gasteiger partial charge >= 0.3 is 0 Å². The molecule has 25 heavy (non-hydrogen) atoms. The molecule has 2 bridgehead atoms. The minimum atomic E-state index is 0.0246. The van der Waals surface area contributed by atoms with E-state index < -0.39 is 0 Å². The van der Waals surface area contributed by atoms with Crippen LogP contribution in [0.15, 0.2) is 24.4 Å². The van der Waals surface area contributed by atoms with Crippen LogP contribution in [0.1, 0.15) is 46.1 Å². The van der Waals surface area contributed by atoms with Gasteiger partial charge in [0, 0.05) is 24.4 Å². The summed E-state index contributed by atoms with van der Waals surface area (Å²) < 4.78 is 6.12. The zero-order valence-corrected chi connectivity index (χ0v) is 15.4. The highest BCUT2D eigenvalue weighted by atomic mass is 35.5. The van der Waals surface area contributed by atoms with Crippen molar-refractivity contribution in [2.45, 2.75) is 45.8 Å². The smallest absolute Gasteiger partial charge is 0.258 e. The average molecular weight is 357 g/mol. The lowest BCUT2D eigenvalue weighted by atomic mass is 9.96. The van der Waals surface area contributed by atoms with E-state index in [9.17, 15) is 4.79 Å². The Morgan fingerprint density at radius 3 is 2.92 bits per heavy atom. The molecule has 1 fully saturated rings. The first-order valence-electron chi connectivity index (χ1n) is 8.65. The Morgan fingerprint density at radius 2 is 2.16 bits per heavy atom. The van der Waals surface area contributed by atoms with Gasteiger partial charge in [0.2, 0.25) is 0 Å². The molecule has 0 spiro atoms. The summed E-state index contributed by atoms with van der Waals surface area (Å²) >= 11 is 6.62. The van der Waals surface area contributed by atoms with Gasteiger partial charge in [0.25, 0.3) is 5.91 Å². The molecule has 0 aliphatic carbocycles. The number of hydrogen-bond donors (Lipinski definition) is 0. The van der Waals surface area contributed by atoms with Crippen molar-refractivity contribution in [3.05, 3.63) is 57.4 Å². The standard InChI is InChI=1S/C20H21ClN2O2/c1-11-6-14(4-5-22-11)8-15-9-17-19(18(21)13(15)3)25-16-7-12(2)23(10-16)20(17)24/h4-6,9,12,16H,7-8,10H2,1-3H3/t12-,16?/m0/s1. The molecule has 4 rings (SSSR count). The second-order valence-corrected chi connectivity index (χ2v) is 7.49. The van der Waals surface area contributed by atoms with Crippen molar-refractivity contribution in [3.8, 4) is 5.75 Å². The van der Waals surface area contributed by atoms with E-state index in [2.05, 4.69) is 18.0 Å². The number of hydrogen-bond acceptors (Lipinski definition) is 3. The van der Waals surface area contributed by atoms with Crippen LogP contribution in [-0.2, 0) is 6.42 Å². The monoisotopic (exact) mass is 356 g/mol. The highest BCUT2D eigenvalue weighted by molar-refractivity contribution is 6.33. The molecular weight excluding hydrogens is 336 g/mol. The first kappa shape index (κ1) is 16.4. The highest BCUT2D eigenvalue weighted by Crippen LogP contribution is 2.40. The number of carbonyl (C=O) groups is 1. The number of amides is 1. The van der Waals surface area contributed by atoms with Crippen molar-refractivity contribution in [1.29, 1.82) is 0 Å². The molecule has 3 heterocycles. The summed E-state index contributed by atoms with van der Waals surface area (Å²) in [5.74, 6) is 0.579. The third-order valence-corrected chi connectivity index (χ3v) is 5.70. The summed E-state index contributed by atoms with van der Waals surface area (Å²) in [5.41, 5.74) is 4.75. The second-order valence-electron chi connectivity index (χ2n) is 7.12. The van der Waals surface area contributed by atoms with Crippen molar-refractivity contribution in [3.63, 3.8) is 0 Å². The molecule has 1 amide bonds. The topological polar surface area (TPSA) is 42.4 Å². The van der Waals surface area contributed by atoms with Gasteiger partial charge in [0.05, 0.1) is 17.1 Å². The maximum Gasteiger partial charge on any atom is 0.258 e. The van der Waals surface area contributed by atoms with E-state index in [0.29, 0.717) is 29.3 Å². The summed E-state index contributed by atoms with van der Waals surface area (Å²) in [6.07, 6.45) is 3.42. The maximum atomic E-state index is 13.0. The first-order valence-corrected chi connectivity index (χ1v) is 9.03. The van der Waals surface area contributed by atoms with Crippen LogP contribution in [0.4, 0.5) is 0 Å². The van der Waals surface area contributed by atoms with Gasteiger partial charge < -0.3 is 9.64 Å². The van der Waals surface area contributed by atoms with E-state index in [-0.39, 0.29) is 18.1 Å². The Kier molecular flexibility index (Phi) is 3.95. The van der Waals surface area contributed by atoms with Crippen LogP contribution in [0.5, 0.6) is 5.75 Å². The summed E-state index contributed by atoms with van der Waals surface area (Å²) in [6.45, 7) is 6.68. The van der Waals surface area contributed by atoms with Crippen LogP contribution < -0.4 is 4.74 Å². The molecule has 2 atom stereocenters. The molecule has 2 aromatic rings. The highest BCUT2D eigenvalue weighted by Gasteiger charge is 2.40. The van der Waals surface area contributed by atoms with E-state index in [1.165, 1.54) is 0 Å². The number of ether oxygens (including phenoxy) is 1. The van der Waals surface area contributed by atoms with Crippen molar-refractivity contribution < 1.29 is 9.53 Å². The summed E-state index contributed by atoms with van der Waals surface area (Å²) in [4.78, 5) is 19.2. The predicted molar refractivity (Wildman–Crippen MR) is 97.5 cm³/mol. The number of rotatable bonds is 2. The number of halogens is 1. The fraction of sp³-hybridized carbons (Fsp3) is 0.400. The normalized spacial score (nSPS) is 21.8. The number of benzene rings is 1. The molecule has 0 radical (unpaired) electrons. The first-order chi connectivity index (χ1) is 11.9. The molecule has 1 unspecified atom stereocenters. The van der Waals surface area contributed by atoms with Crippen LogP contribution in [0, 0.1) is 13.8 Å². The van der Waals surface area contributed by atoms with Gasteiger partial charge in [0.15, 0.2) is 5.75 Å². The van der Waals surface area contributed by atoms with Crippen molar-refractivity contribution in [2.75, 3.05) is 6.54 Å². The van der Waals surface area contributed by atoms with E-state index >= 15 is 0 Å². The molecule has 5 heteroatoms. The molecule has 1 aromatic carbocycles. The molecule has 130 valence electrons. The van der Waals surface area contributed by atoms with Gasteiger partial charge in [0.1, 0.15) is 6.10 Å². The minimum Gasteiger partial charge on any atom is -0.486 e. The van der Waals surface area contributed by atoms with Crippen molar-refractivity contribution in [1.82, 2.24) is 9.88 Å². The van der Waals surface area contributed by atoms with Crippen LogP contribution in [0.25, 0.3) is 0 Å². The van der Waals surface area contributed by atoms with Gasteiger partial charge in [-0.15, -0.1) is 0 Å². The Balaban J connectivity index is 1.79. The van der Waals surface area contributed by atoms with E-state index in [4.69, 9.17) is 16.3 Å². The fourth-order valence-electron chi connectivity index (χ4n) is 3.84. The second kappa shape index (κ2) is 6.03. The largest absolute Gasteiger partial charge is 0.486 e. The van der Waals surface area contributed by atoms with Crippen molar-refractivity contribution >= 4 is 17.5 Å². The molecule has 0 saturated carbocycles. The zero-order chi connectivity index (χ0) is 17.7. The lowest BCUT2D eigenvalue weighted by Crippen LogP contribution is -2.33. The summed E-state index contributed by atoms with van der Waals surface area (Å²) in [7, 11) is 0. The lowest BCUT2D eigenvalue weighted by Gasteiger charge is -2.23. The quantitative estimate of drug-likeness (QED) is 0.818. The lowest BCUT2D eigenvalue weighted by molar-refractivity contribution is 0.0748. The number of pyridine rings is 1. The third-order valence-electron chi connectivity index (χ3n) is 5.24. The molecule has 1 saturated heterocycles. The molecule has 2 aliphatic rings. The summed E-state index contributed by atoms with van der Waals surface area (Å²) in [6, 6.07) is 6.22. The van der Waals surface area contributed by atoms with E-state index in [1.807, 2.05) is 37.1 Å². The number of nitrogens with zero attached hydrogens (tertiary/aromatic N) is 2. The zero-order valence-electron chi connectivity index (χ0n) is 14.7. The van der Waals surface area contributed by atoms with Crippen LogP contribution in [-0.4, -0.2) is 34.5 Å². The Labute approximate surface area is 152 Å². The van der Waals surface area contributed by atoms with Crippen LogP contribution in [0.3, 0.4) is 0 Å². The predicted octanol–water partition coefficient (Wildman–Crippen LogP) is 3.94. The van der Waals surface area contributed by atoms with Gasteiger partial charge in [-0.2, -0.15) is 0 Å². The van der Waals surface area contributed by atoms with Gasteiger partial charge in [-0.3, -0.25) is 9.78 Å². The van der Waals surface area contributed by atoms with E-state index in [1.54, 1.807) is 0 Å². The Hall–Kier alpha value is -2.07. The maximum absolute atomic E-state index is 13.0. The number of aromatic nitrogens is 1. The SMILES string of the molecule is Cc1cc(Cc2cc3c(c(Cl)c2C)OC2C[C@H](C)N(C2)C3=O)ccn1. The van der Waals surface area contributed by atoms with Crippen LogP contribution in [0.2, 0.25) is 5.02 Å². The van der Waals surface area contributed by atoms with Gasteiger partial charge in [-0.05, 0) is 62.1 Å². The third kappa shape index (κ3) is 2.78. The molecular formula is C20H21ClN2O2. The molecule has 2 aliphatic heterocycles. The number of carbonyl (C=O) groups excluding carboxylic acids is 1. The van der Waals surface area contributed by atoms with Gasteiger partial charge in [-0.1, -0.05) is 11.6 Å². The number of fused-ring (bicyclic) bond motifs is 3. The van der Waals surface area contributed by atoms with Crippen molar-refractivity contribution in [2.24, 2.45) is 0 Å². The van der Waals surface area contributed by atoms with E-state index in [0.717, 1.165) is 28.8 Å². The minimum absolute atomic E-state index is 0.0246. The van der Waals surface area contributed by atoms with Crippen LogP contribution >= 0.6 is 11.6 Å².